The Hall–Kier alpha value is -1.59. The van der Waals surface area contributed by atoms with E-state index in [-0.39, 0.29) is 25.2 Å². The van der Waals surface area contributed by atoms with Crippen LogP contribution in [0.15, 0.2) is 0 Å². The highest BCUT2D eigenvalue weighted by atomic mass is 16.4. The van der Waals surface area contributed by atoms with Crippen molar-refractivity contribution in [3.8, 4) is 0 Å². The molecule has 0 aliphatic carbocycles. The standard InChI is InChI=1S/C46H89NO5/c1-6-11-14-17-20-23-26-27-30-33-36-39-42(48)47(45(9-4,43(49)50)40-37-34-31-28-24-21-18-15-12-7-2)46(10-5,44(51)52)41-38-35-32-29-25-22-19-16-13-8-3/h6-41H2,1-5H3,(H,49,50)(H,51,52). The summed E-state index contributed by atoms with van der Waals surface area (Å²) in [4.78, 5) is 42.6. The Kier molecular flexibility index (Phi) is 32.9. The topological polar surface area (TPSA) is 94.9 Å². The van der Waals surface area contributed by atoms with Crippen LogP contribution >= 0.6 is 0 Å². The summed E-state index contributed by atoms with van der Waals surface area (Å²) < 4.78 is 0. The Labute approximate surface area is 323 Å². The van der Waals surface area contributed by atoms with Crippen LogP contribution in [0.2, 0.25) is 0 Å². The normalized spacial score (nSPS) is 13.9. The van der Waals surface area contributed by atoms with E-state index in [2.05, 4.69) is 20.8 Å². The lowest BCUT2D eigenvalue weighted by Gasteiger charge is -2.50. The van der Waals surface area contributed by atoms with Gasteiger partial charge in [-0.3, -0.25) is 4.79 Å². The Morgan fingerprint density at radius 2 is 0.596 bits per heavy atom. The maximum atomic E-state index is 14.4. The first-order valence-corrected chi connectivity index (χ1v) is 23.0. The quantitative estimate of drug-likeness (QED) is 0.0611. The van der Waals surface area contributed by atoms with Crippen LogP contribution in [0.1, 0.15) is 266 Å². The molecular formula is C46H89NO5. The van der Waals surface area contributed by atoms with Crippen LogP contribution in [0.25, 0.3) is 0 Å². The first-order chi connectivity index (χ1) is 25.2. The second-order valence-electron chi connectivity index (χ2n) is 16.3. The van der Waals surface area contributed by atoms with Crippen LogP contribution in [-0.4, -0.2) is 44.0 Å². The molecule has 52 heavy (non-hydrogen) atoms. The summed E-state index contributed by atoms with van der Waals surface area (Å²) in [6.45, 7) is 10.4. The highest BCUT2D eigenvalue weighted by molar-refractivity contribution is 5.93. The van der Waals surface area contributed by atoms with Gasteiger partial charge >= 0.3 is 11.9 Å². The zero-order valence-corrected chi connectivity index (χ0v) is 35.5. The average Bonchev–Trinajstić information content (AvgIpc) is 3.13. The van der Waals surface area contributed by atoms with E-state index < -0.39 is 23.0 Å². The number of aliphatic carboxylic acids is 2. The lowest BCUT2D eigenvalue weighted by molar-refractivity contribution is -0.180. The Balaban J connectivity index is 5.67. The van der Waals surface area contributed by atoms with Crippen LogP contribution in [0, 0.1) is 0 Å². The molecule has 6 heteroatoms. The summed E-state index contributed by atoms with van der Waals surface area (Å²) in [7, 11) is 0. The lowest BCUT2D eigenvalue weighted by Crippen LogP contribution is -2.68. The van der Waals surface area contributed by atoms with E-state index in [0.717, 1.165) is 57.8 Å². The molecule has 2 unspecified atom stereocenters. The molecule has 0 saturated carbocycles. The first-order valence-electron chi connectivity index (χ1n) is 23.0. The van der Waals surface area contributed by atoms with Gasteiger partial charge < -0.3 is 15.1 Å². The summed E-state index contributed by atoms with van der Waals surface area (Å²) in [6.07, 6.45) is 37.0. The summed E-state index contributed by atoms with van der Waals surface area (Å²) in [6, 6.07) is 0. The molecule has 0 aromatic carbocycles. The molecule has 0 aliphatic rings. The predicted molar refractivity (Wildman–Crippen MR) is 222 cm³/mol. The maximum Gasteiger partial charge on any atom is 0.329 e. The second kappa shape index (κ2) is 33.9. The van der Waals surface area contributed by atoms with Gasteiger partial charge in [-0.1, -0.05) is 227 Å². The van der Waals surface area contributed by atoms with Crippen LogP contribution < -0.4 is 0 Å². The number of amides is 1. The fourth-order valence-electron chi connectivity index (χ4n) is 8.35. The molecule has 6 nitrogen and oxygen atoms in total. The SMILES string of the molecule is CCCCCCCCCCCCCC(=O)N(C(CC)(CCCCCCCCCCCC)C(=O)O)C(CC)(CCCCCCCCCCCC)C(=O)O. The van der Waals surface area contributed by atoms with Crippen molar-refractivity contribution in [3.63, 3.8) is 0 Å². The molecule has 0 bridgehead atoms. The van der Waals surface area contributed by atoms with E-state index in [1.165, 1.54) is 127 Å². The molecule has 0 saturated heterocycles. The molecule has 2 N–H and O–H groups in total. The van der Waals surface area contributed by atoms with Gasteiger partial charge in [-0.05, 0) is 32.1 Å². The highest BCUT2D eigenvalue weighted by Crippen LogP contribution is 2.40. The third-order valence-corrected chi connectivity index (χ3v) is 12.0. The van der Waals surface area contributed by atoms with Gasteiger partial charge in [0.15, 0.2) is 0 Å². The van der Waals surface area contributed by atoms with Crippen LogP contribution in [-0.2, 0) is 14.4 Å². The molecule has 308 valence electrons. The number of unbranched alkanes of at least 4 members (excludes halogenated alkanes) is 28. The van der Waals surface area contributed by atoms with Crippen molar-refractivity contribution in [2.45, 2.75) is 277 Å². The number of carbonyl (C=O) groups is 3. The number of hydrogen-bond acceptors (Lipinski definition) is 3. The minimum absolute atomic E-state index is 0.219. The smallest absolute Gasteiger partial charge is 0.329 e. The van der Waals surface area contributed by atoms with E-state index in [1.807, 2.05) is 13.8 Å². The molecule has 0 heterocycles. The maximum absolute atomic E-state index is 14.4. The van der Waals surface area contributed by atoms with Gasteiger partial charge in [-0.2, -0.15) is 0 Å². The average molecular weight is 736 g/mol. The lowest BCUT2D eigenvalue weighted by atomic mass is 9.78. The number of nitrogens with zero attached hydrogens (tertiary/aromatic N) is 1. The van der Waals surface area contributed by atoms with Crippen molar-refractivity contribution in [2.75, 3.05) is 0 Å². The number of carboxylic acid groups (broad SMARTS) is 2. The molecule has 0 aromatic heterocycles. The third kappa shape index (κ3) is 21.3. The van der Waals surface area contributed by atoms with Crippen molar-refractivity contribution < 1.29 is 24.6 Å². The monoisotopic (exact) mass is 736 g/mol. The van der Waals surface area contributed by atoms with Crippen molar-refractivity contribution in [1.82, 2.24) is 4.90 Å². The molecular weight excluding hydrogens is 647 g/mol. The van der Waals surface area contributed by atoms with Gasteiger partial charge in [0.2, 0.25) is 5.91 Å². The number of carbonyl (C=O) groups excluding carboxylic acids is 1. The molecule has 0 aromatic rings. The number of hydrogen-bond donors (Lipinski definition) is 2. The van der Waals surface area contributed by atoms with Gasteiger partial charge in [0.1, 0.15) is 11.1 Å². The predicted octanol–water partition coefficient (Wildman–Crippen LogP) is 14.6. The molecule has 0 spiro atoms. The van der Waals surface area contributed by atoms with Gasteiger partial charge in [-0.15, -0.1) is 0 Å². The van der Waals surface area contributed by atoms with Gasteiger partial charge in [0.05, 0.1) is 0 Å². The van der Waals surface area contributed by atoms with E-state index in [0.29, 0.717) is 32.1 Å². The van der Waals surface area contributed by atoms with Crippen LogP contribution in [0.4, 0.5) is 0 Å². The third-order valence-electron chi connectivity index (χ3n) is 12.0. The summed E-state index contributed by atoms with van der Waals surface area (Å²) >= 11 is 0. The van der Waals surface area contributed by atoms with Crippen molar-refractivity contribution >= 4 is 17.8 Å². The van der Waals surface area contributed by atoms with Crippen molar-refractivity contribution in [1.29, 1.82) is 0 Å². The summed E-state index contributed by atoms with van der Waals surface area (Å²) in [5.41, 5.74) is -3.02. The zero-order chi connectivity index (χ0) is 38.8. The summed E-state index contributed by atoms with van der Waals surface area (Å²) in [5.74, 6) is -2.36. The van der Waals surface area contributed by atoms with Gasteiger partial charge in [-0.25, -0.2) is 9.59 Å². The van der Waals surface area contributed by atoms with E-state index >= 15 is 0 Å². The largest absolute Gasteiger partial charge is 0.479 e. The Morgan fingerprint density at radius 3 is 0.827 bits per heavy atom. The van der Waals surface area contributed by atoms with E-state index in [1.54, 1.807) is 0 Å². The fraction of sp³-hybridized carbons (Fsp3) is 0.935. The number of rotatable bonds is 40. The molecule has 0 rings (SSSR count). The Bertz CT molecular complexity index is 812. The first kappa shape index (κ1) is 50.4. The number of carboxylic acids is 2. The Morgan fingerprint density at radius 1 is 0.365 bits per heavy atom. The fourth-order valence-corrected chi connectivity index (χ4v) is 8.35. The minimum Gasteiger partial charge on any atom is -0.479 e. The van der Waals surface area contributed by atoms with Crippen LogP contribution in [0.5, 0.6) is 0 Å². The molecule has 0 aliphatic heterocycles. The van der Waals surface area contributed by atoms with Gasteiger partial charge in [0, 0.05) is 6.42 Å². The highest BCUT2D eigenvalue weighted by Gasteiger charge is 2.56. The zero-order valence-electron chi connectivity index (χ0n) is 35.5. The van der Waals surface area contributed by atoms with Crippen LogP contribution in [0.3, 0.4) is 0 Å². The molecule has 0 radical (unpaired) electrons. The second-order valence-corrected chi connectivity index (χ2v) is 16.3. The molecule has 1 amide bonds. The molecule has 0 fully saturated rings. The minimum atomic E-state index is -1.51. The van der Waals surface area contributed by atoms with Crippen molar-refractivity contribution in [3.05, 3.63) is 0 Å². The van der Waals surface area contributed by atoms with Crippen molar-refractivity contribution in [2.24, 2.45) is 0 Å². The molecule has 2 atom stereocenters. The summed E-state index contributed by atoms with van der Waals surface area (Å²) in [5, 5.41) is 21.9. The van der Waals surface area contributed by atoms with E-state index in [4.69, 9.17) is 0 Å². The van der Waals surface area contributed by atoms with Gasteiger partial charge in [0.25, 0.3) is 0 Å². The van der Waals surface area contributed by atoms with E-state index in [9.17, 15) is 24.6 Å².